The summed E-state index contributed by atoms with van der Waals surface area (Å²) in [6.45, 7) is 3.58. The summed E-state index contributed by atoms with van der Waals surface area (Å²) in [5.74, 6) is -0.286. The molecular weight excluding hydrogens is 325 g/mol. The fourth-order valence-electron chi connectivity index (χ4n) is 1.99. The number of Topliss-reactive ketones (excluding diaryl/α,β-unsaturated/α-hetero) is 1. The smallest absolute Gasteiger partial charge is 0.292 e. The van der Waals surface area contributed by atoms with Crippen molar-refractivity contribution in [2.45, 2.75) is 37.4 Å². The molecule has 0 bridgehead atoms. The van der Waals surface area contributed by atoms with Crippen LogP contribution in [0.2, 0.25) is 0 Å². The predicted octanol–water partition coefficient (Wildman–Crippen LogP) is 4.85. The highest BCUT2D eigenvalue weighted by Crippen LogP contribution is 2.30. The van der Waals surface area contributed by atoms with Crippen molar-refractivity contribution >= 4 is 17.5 Å². The molecule has 124 valence electrons. The van der Waals surface area contributed by atoms with Crippen LogP contribution in [0.5, 0.6) is 0 Å². The van der Waals surface area contributed by atoms with E-state index in [4.69, 9.17) is 0 Å². The highest BCUT2D eigenvalue weighted by Gasteiger charge is 2.36. The third-order valence-electron chi connectivity index (χ3n) is 3.43. The van der Waals surface area contributed by atoms with Crippen LogP contribution >= 0.6 is 11.8 Å². The zero-order valence-corrected chi connectivity index (χ0v) is 13.6. The van der Waals surface area contributed by atoms with Crippen LogP contribution in [0.15, 0.2) is 41.3 Å². The molecule has 1 aromatic heterocycles. The van der Waals surface area contributed by atoms with Gasteiger partial charge in [-0.25, -0.2) is 0 Å². The lowest BCUT2D eigenvalue weighted by atomic mass is 10.2. The van der Waals surface area contributed by atoms with Gasteiger partial charge < -0.3 is 0 Å². The van der Waals surface area contributed by atoms with Gasteiger partial charge in [-0.3, -0.25) is 9.48 Å². The maximum absolute atomic E-state index is 12.9. The predicted molar refractivity (Wildman–Crippen MR) is 83.7 cm³/mol. The Morgan fingerprint density at radius 3 is 2.52 bits per heavy atom. The second kappa shape index (κ2) is 7.21. The zero-order valence-electron chi connectivity index (χ0n) is 12.8. The molecule has 1 unspecified atom stereocenters. The average Bonchev–Trinajstić information content (AvgIpc) is 2.98. The van der Waals surface area contributed by atoms with E-state index in [9.17, 15) is 18.0 Å². The van der Waals surface area contributed by atoms with Gasteiger partial charge in [-0.1, -0.05) is 25.1 Å². The molecular formula is C16H17F3N2OS. The molecule has 0 N–H and O–H groups in total. The van der Waals surface area contributed by atoms with Crippen LogP contribution in [0.1, 0.15) is 42.5 Å². The number of thioether (sulfide) groups is 1. The third kappa shape index (κ3) is 4.37. The van der Waals surface area contributed by atoms with E-state index in [0.29, 0.717) is 6.42 Å². The Morgan fingerprint density at radius 1 is 1.30 bits per heavy atom. The molecule has 7 heteroatoms. The Bertz CT molecular complexity index is 668. The number of aromatic nitrogens is 2. The van der Waals surface area contributed by atoms with Crippen LogP contribution in [0, 0.1) is 0 Å². The average molecular weight is 342 g/mol. The maximum atomic E-state index is 12.9. The molecule has 0 spiro atoms. The minimum atomic E-state index is -4.56. The number of ketones is 1. The summed E-state index contributed by atoms with van der Waals surface area (Å²) in [5, 5.41) is 3.59. The van der Waals surface area contributed by atoms with Crippen LogP contribution in [0.4, 0.5) is 13.2 Å². The number of benzene rings is 1. The highest BCUT2D eigenvalue weighted by atomic mass is 32.2. The lowest BCUT2D eigenvalue weighted by molar-refractivity contribution is -0.141. The van der Waals surface area contributed by atoms with Crippen molar-refractivity contribution in [2.24, 2.45) is 0 Å². The quantitative estimate of drug-likeness (QED) is 0.556. The molecule has 0 saturated carbocycles. The van der Waals surface area contributed by atoms with E-state index in [1.165, 1.54) is 16.4 Å². The monoisotopic (exact) mass is 342 g/mol. The van der Waals surface area contributed by atoms with Gasteiger partial charge in [0.25, 0.3) is 0 Å². The third-order valence-corrected chi connectivity index (χ3v) is 4.45. The van der Waals surface area contributed by atoms with Gasteiger partial charge in [-0.2, -0.15) is 18.3 Å². The van der Waals surface area contributed by atoms with E-state index in [2.05, 4.69) is 5.10 Å². The van der Waals surface area contributed by atoms with Crippen molar-refractivity contribution < 1.29 is 18.0 Å². The molecule has 1 atom stereocenters. The lowest BCUT2D eigenvalue weighted by Crippen LogP contribution is -2.16. The molecule has 2 rings (SSSR count). The van der Waals surface area contributed by atoms with Crippen LogP contribution in [0.25, 0.3) is 0 Å². The summed E-state index contributed by atoms with van der Waals surface area (Å²) in [6.07, 6.45) is -3.97. The van der Waals surface area contributed by atoms with E-state index >= 15 is 0 Å². The Labute approximate surface area is 136 Å². The minimum absolute atomic E-state index is 0.00936. The zero-order chi connectivity index (χ0) is 17.0. The van der Waals surface area contributed by atoms with Crippen LogP contribution < -0.4 is 0 Å². The Balaban J connectivity index is 2.22. The van der Waals surface area contributed by atoms with Gasteiger partial charge in [0.15, 0.2) is 11.5 Å². The number of halogens is 3. The largest absolute Gasteiger partial charge is 0.435 e. The van der Waals surface area contributed by atoms with E-state index in [1.807, 2.05) is 37.3 Å². The van der Waals surface area contributed by atoms with Gasteiger partial charge in [0, 0.05) is 10.9 Å². The molecule has 0 aliphatic heterocycles. The number of hydrogen-bond donors (Lipinski definition) is 0. The lowest BCUT2D eigenvalue weighted by Gasteiger charge is -2.13. The normalized spacial score (nSPS) is 13.1. The highest BCUT2D eigenvalue weighted by molar-refractivity contribution is 8.00. The van der Waals surface area contributed by atoms with Crippen molar-refractivity contribution in [3.05, 3.63) is 47.8 Å². The minimum Gasteiger partial charge on any atom is -0.292 e. The van der Waals surface area contributed by atoms with E-state index in [-0.39, 0.29) is 23.3 Å². The van der Waals surface area contributed by atoms with E-state index < -0.39 is 11.9 Å². The SMILES string of the molecule is CCC(C)n1nc(C(F)(F)F)cc1C(=O)CSc1ccccc1. The summed E-state index contributed by atoms with van der Waals surface area (Å²) in [5.41, 5.74) is -1.01. The first-order valence-electron chi connectivity index (χ1n) is 7.20. The van der Waals surface area contributed by atoms with Gasteiger partial charge >= 0.3 is 6.18 Å². The first kappa shape index (κ1) is 17.6. The fourth-order valence-corrected chi connectivity index (χ4v) is 2.78. The fraction of sp³-hybridized carbons (Fsp3) is 0.375. The summed E-state index contributed by atoms with van der Waals surface area (Å²) >= 11 is 1.30. The number of hydrogen-bond acceptors (Lipinski definition) is 3. The molecule has 1 heterocycles. The number of alkyl halides is 3. The molecule has 23 heavy (non-hydrogen) atoms. The van der Waals surface area contributed by atoms with E-state index in [1.54, 1.807) is 6.92 Å². The Morgan fingerprint density at radius 2 is 1.96 bits per heavy atom. The first-order chi connectivity index (χ1) is 10.8. The number of carbonyl (C=O) groups is 1. The standard InChI is InChI=1S/C16H17F3N2OS/c1-3-11(2)21-13(9-15(20-21)16(17,18)19)14(22)10-23-12-7-5-4-6-8-12/h4-9,11H,3,10H2,1-2H3. The summed E-state index contributed by atoms with van der Waals surface area (Å²) < 4.78 is 39.8. The second-order valence-corrected chi connectivity index (χ2v) is 6.19. The van der Waals surface area contributed by atoms with Gasteiger partial charge in [0.1, 0.15) is 5.69 Å². The van der Waals surface area contributed by atoms with Crippen molar-refractivity contribution in [3.8, 4) is 0 Å². The topological polar surface area (TPSA) is 34.9 Å². The van der Waals surface area contributed by atoms with Crippen molar-refractivity contribution in [2.75, 3.05) is 5.75 Å². The molecule has 1 aromatic carbocycles. The number of carbonyl (C=O) groups excluding carboxylic acids is 1. The summed E-state index contributed by atoms with van der Waals surface area (Å²) in [6, 6.07) is 9.83. The van der Waals surface area contributed by atoms with Gasteiger partial charge in [0.05, 0.1) is 5.75 Å². The number of rotatable bonds is 6. The van der Waals surface area contributed by atoms with Crippen molar-refractivity contribution in [1.82, 2.24) is 9.78 Å². The van der Waals surface area contributed by atoms with Gasteiger partial charge in [-0.05, 0) is 31.5 Å². The van der Waals surface area contributed by atoms with E-state index in [0.717, 1.165) is 11.0 Å². The Hall–Kier alpha value is -1.76. The van der Waals surface area contributed by atoms with Crippen LogP contribution in [-0.2, 0) is 6.18 Å². The summed E-state index contributed by atoms with van der Waals surface area (Å²) in [7, 11) is 0. The Kier molecular flexibility index (Phi) is 5.51. The molecule has 0 saturated heterocycles. The van der Waals surface area contributed by atoms with Crippen LogP contribution in [0.3, 0.4) is 0 Å². The van der Waals surface area contributed by atoms with Gasteiger partial charge in [0.2, 0.25) is 0 Å². The van der Waals surface area contributed by atoms with Crippen molar-refractivity contribution in [1.29, 1.82) is 0 Å². The van der Waals surface area contributed by atoms with Gasteiger partial charge in [-0.15, -0.1) is 11.8 Å². The van der Waals surface area contributed by atoms with Crippen LogP contribution in [-0.4, -0.2) is 21.3 Å². The molecule has 0 amide bonds. The molecule has 2 aromatic rings. The maximum Gasteiger partial charge on any atom is 0.435 e. The second-order valence-electron chi connectivity index (χ2n) is 5.14. The number of nitrogens with zero attached hydrogens (tertiary/aromatic N) is 2. The molecule has 0 aliphatic carbocycles. The first-order valence-corrected chi connectivity index (χ1v) is 8.19. The molecule has 3 nitrogen and oxygen atoms in total. The summed E-state index contributed by atoms with van der Waals surface area (Å²) in [4.78, 5) is 13.2. The molecule has 0 radical (unpaired) electrons. The molecule has 0 fully saturated rings. The molecule has 0 aliphatic rings. The van der Waals surface area contributed by atoms with Crippen molar-refractivity contribution in [3.63, 3.8) is 0 Å².